The van der Waals surface area contributed by atoms with Crippen LogP contribution in [-0.4, -0.2) is 29.6 Å². The van der Waals surface area contributed by atoms with Crippen LogP contribution in [0.5, 0.6) is 0 Å². The summed E-state index contributed by atoms with van der Waals surface area (Å²) in [4.78, 5) is 11.9. The van der Waals surface area contributed by atoms with Crippen LogP contribution < -0.4 is 10.2 Å². The van der Waals surface area contributed by atoms with E-state index in [-0.39, 0.29) is 0 Å². The van der Waals surface area contributed by atoms with Gasteiger partial charge in [-0.3, -0.25) is 0 Å². The predicted molar refractivity (Wildman–Crippen MR) is 90.0 cm³/mol. The van der Waals surface area contributed by atoms with Gasteiger partial charge in [0.15, 0.2) is 0 Å². The molecule has 1 aliphatic heterocycles. The third-order valence-corrected chi connectivity index (χ3v) is 3.83. The Kier molecular flexibility index (Phi) is 6.27. The van der Waals surface area contributed by atoms with E-state index in [2.05, 4.69) is 37.1 Å². The zero-order valence-electron chi connectivity index (χ0n) is 13.9. The lowest BCUT2D eigenvalue weighted by Crippen LogP contribution is -2.27. The Morgan fingerprint density at radius 1 is 1.14 bits per heavy atom. The summed E-state index contributed by atoms with van der Waals surface area (Å²) >= 11 is 0. The van der Waals surface area contributed by atoms with Gasteiger partial charge in [0.2, 0.25) is 5.95 Å². The summed E-state index contributed by atoms with van der Waals surface area (Å²) in [7, 11) is 0. The zero-order valence-corrected chi connectivity index (χ0v) is 13.9. The molecule has 1 N–H and O–H groups in total. The average Bonchev–Trinajstić information content (AvgIpc) is 2.73. The fourth-order valence-corrected chi connectivity index (χ4v) is 2.76. The largest absolute Gasteiger partial charge is 0.370 e. The van der Waals surface area contributed by atoms with Gasteiger partial charge in [-0.1, -0.05) is 33.6 Å². The van der Waals surface area contributed by atoms with E-state index in [4.69, 9.17) is 9.97 Å². The van der Waals surface area contributed by atoms with E-state index >= 15 is 0 Å². The molecular weight excluding hydrogens is 260 g/mol. The summed E-state index contributed by atoms with van der Waals surface area (Å²) in [6.07, 6.45) is 7.32. The molecule has 1 aliphatic rings. The molecule has 0 spiro atoms. The highest BCUT2D eigenvalue weighted by molar-refractivity contribution is 5.44. The third-order valence-electron chi connectivity index (χ3n) is 3.83. The van der Waals surface area contributed by atoms with Crippen molar-refractivity contribution in [3.8, 4) is 0 Å². The van der Waals surface area contributed by atoms with E-state index < -0.39 is 0 Å². The fourth-order valence-electron chi connectivity index (χ4n) is 2.76. The highest BCUT2D eigenvalue weighted by Gasteiger charge is 2.15. The molecule has 0 amide bonds. The first-order valence-electron chi connectivity index (χ1n) is 8.56. The van der Waals surface area contributed by atoms with Crippen LogP contribution in [-0.2, 0) is 6.42 Å². The molecule has 2 rings (SSSR count). The lowest BCUT2D eigenvalue weighted by molar-refractivity contribution is 0.631. The summed E-state index contributed by atoms with van der Waals surface area (Å²) in [5.41, 5.74) is 1.16. The molecular formula is C17H30N4. The van der Waals surface area contributed by atoms with E-state index in [9.17, 15) is 0 Å². The van der Waals surface area contributed by atoms with Gasteiger partial charge in [0, 0.05) is 31.4 Å². The van der Waals surface area contributed by atoms with Gasteiger partial charge in [0.1, 0.15) is 5.82 Å². The summed E-state index contributed by atoms with van der Waals surface area (Å²) in [6, 6.07) is 2.12. The second-order valence-electron chi connectivity index (χ2n) is 6.47. The van der Waals surface area contributed by atoms with Crippen molar-refractivity contribution in [3.05, 3.63) is 11.8 Å². The van der Waals surface area contributed by atoms with Gasteiger partial charge in [-0.2, -0.15) is 4.98 Å². The molecule has 4 heteroatoms. The normalized spacial score (nSPS) is 16.1. The molecule has 1 saturated heterocycles. The molecule has 1 aromatic rings. The number of hydrogen-bond donors (Lipinski definition) is 1. The number of nitrogens with zero attached hydrogens (tertiary/aromatic N) is 3. The van der Waals surface area contributed by atoms with Gasteiger partial charge < -0.3 is 10.2 Å². The molecule has 0 saturated carbocycles. The van der Waals surface area contributed by atoms with Crippen molar-refractivity contribution >= 4 is 11.8 Å². The van der Waals surface area contributed by atoms with Gasteiger partial charge in [0.05, 0.1) is 0 Å². The molecule has 0 atom stereocenters. The van der Waals surface area contributed by atoms with Crippen LogP contribution >= 0.6 is 0 Å². The Hall–Kier alpha value is -1.32. The van der Waals surface area contributed by atoms with Crippen LogP contribution in [0.1, 0.15) is 58.6 Å². The van der Waals surface area contributed by atoms with Crippen LogP contribution in [0.25, 0.3) is 0 Å². The van der Waals surface area contributed by atoms with Crippen molar-refractivity contribution in [2.24, 2.45) is 5.92 Å². The molecule has 1 aromatic heterocycles. The maximum Gasteiger partial charge on any atom is 0.227 e. The van der Waals surface area contributed by atoms with E-state index in [1.807, 2.05) is 0 Å². The van der Waals surface area contributed by atoms with Crippen LogP contribution in [0.15, 0.2) is 6.07 Å². The molecule has 0 unspecified atom stereocenters. The summed E-state index contributed by atoms with van der Waals surface area (Å²) in [5.74, 6) is 2.53. The highest BCUT2D eigenvalue weighted by atomic mass is 15.3. The van der Waals surface area contributed by atoms with Crippen molar-refractivity contribution in [2.45, 2.75) is 59.3 Å². The topological polar surface area (TPSA) is 41.1 Å². The SMILES string of the molecule is CCCNc1cc(CC(C)C)nc(N2CCCCCC2)n1. The quantitative estimate of drug-likeness (QED) is 0.863. The first-order chi connectivity index (χ1) is 10.2. The Balaban J connectivity index is 2.20. The molecule has 1 fully saturated rings. The third kappa shape index (κ3) is 5.18. The minimum absolute atomic E-state index is 0.621. The molecule has 0 aromatic carbocycles. The van der Waals surface area contributed by atoms with Crippen LogP contribution in [0.3, 0.4) is 0 Å². The Bertz CT molecular complexity index is 423. The fraction of sp³-hybridized carbons (Fsp3) is 0.765. The van der Waals surface area contributed by atoms with Gasteiger partial charge in [-0.15, -0.1) is 0 Å². The van der Waals surface area contributed by atoms with Crippen LogP contribution in [0.2, 0.25) is 0 Å². The molecule has 2 heterocycles. The molecule has 118 valence electrons. The van der Waals surface area contributed by atoms with Gasteiger partial charge in [-0.05, 0) is 31.6 Å². The molecule has 0 radical (unpaired) electrons. The number of nitrogens with one attached hydrogen (secondary N) is 1. The monoisotopic (exact) mass is 290 g/mol. The average molecular weight is 290 g/mol. The van der Waals surface area contributed by atoms with Gasteiger partial charge in [0.25, 0.3) is 0 Å². The van der Waals surface area contributed by atoms with Gasteiger partial charge >= 0.3 is 0 Å². The van der Waals surface area contributed by atoms with Crippen LogP contribution in [0.4, 0.5) is 11.8 Å². The van der Waals surface area contributed by atoms with Crippen molar-refractivity contribution in [3.63, 3.8) is 0 Å². The summed E-state index contributed by atoms with van der Waals surface area (Å²) in [6.45, 7) is 9.83. The first-order valence-corrected chi connectivity index (χ1v) is 8.56. The molecule has 21 heavy (non-hydrogen) atoms. The lowest BCUT2D eigenvalue weighted by Gasteiger charge is -2.22. The maximum atomic E-state index is 4.82. The minimum Gasteiger partial charge on any atom is -0.370 e. The van der Waals surface area contributed by atoms with E-state index in [1.54, 1.807) is 0 Å². The second-order valence-corrected chi connectivity index (χ2v) is 6.47. The Morgan fingerprint density at radius 3 is 2.48 bits per heavy atom. The Morgan fingerprint density at radius 2 is 1.86 bits per heavy atom. The predicted octanol–water partition coefficient (Wildman–Crippen LogP) is 3.88. The molecule has 0 bridgehead atoms. The maximum absolute atomic E-state index is 4.82. The number of hydrogen-bond acceptors (Lipinski definition) is 4. The second kappa shape index (κ2) is 8.20. The first kappa shape index (κ1) is 16.1. The highest BCUT2D eigenvalue weighted by Crippen LogP contribution is 2.20. The smallest absolute Gasteiger partial charge is 0.227 e. The number of anilines is 2. The summed E-state index contributed by atoms with van der Waals surface area (Å²) < 4.78 is 0. The van der Waals surface area contributed by atoms with Crippen molar-refractivity contribution in [1.82, 2.24) is 9.97 Å². The van der Waals surface area contributed by atoms with Crippen molar-refractivity contribution in [1.29, 1.82) is 0 Å². The molecule has 4 nitrogen and oxygen atoms in total. The summed E-state index contributed by atoms with van der Waals surface area (Å²) in [5, 5.41) is 3.43. The lowest BCUT2D eigenvalue weighted by atomic mass is 10.1. The molecule has 0 aliphatic carbocycles. The van der Waals surface area contributed by atoms with Crippen molar-refractivity contribution < 1.29 is 0 Å². The van der Waals surface area contributed by atoms with Crippen LogP contribution in [0, 0.1) is 5.92 Å². The van der Waals surface area contributed by atoms with E-state index in [0.29, 0.717) is 5.92 Å². The standard InChI is InChI=1S/C17H30N4/c1-4-9-18-16-13-15(12-14(2)3)19-17(20-16)21-10-7-5-6-8-11-21/h13-14H,4-12H2,1-3H3,(H,18,19,20). The Labute approximate surface area is 129 Å². The zero-order chi connectivity index (χ0) is 15.1. The van der Waals surface area contributed by atoms with E-state index in [0.717, 1.165) is 49.9 Å². The van der Waals surface area contributed by atoms with Gasteiger partial charge in [-0.25, -0.2) is 4.98 Å². The van der Waals surface area contributed by atoms with E-state index in [1.165, 1.54) is 25.7 Å². The van der Waals surface area contributed by atoms with Crippen molar-refractivity contribution in [2.75, 3.05) is 29.9 Å². The number of aromatic nitrogens is 2. The minimum atomic E-state index is 0.621. The number of rotatable bonds is 6.